The maximum absolute atomic E-state index is 12.5. The third kappa shape index (κ3) is 6.16. The van der Waals surface area contributed by atoms with E-state index in [4.69, 9.17) is 18.9 Å². The molecule has 2 amide bonds. The maximum Gasteiger partial charge on any atom is 0.251 e. The van der Waals surface area contributed by atoms with Crippen LogP contribution in [0.5, 0.6) is 17.2 Å². The first-order valence-electron chi connectivity index (χ1n) is 11.1. The van der Waals surface area contributed by atoms with Crippen LogP contribution in [-0.4, -0.2) is 58.9 Å². The lowest BCUT2D eigenvalue weighted by Crippen LogP contribution is -2.47. The lowest BCUT2D eigenvalue weighted by Gasteiger charge is -2.38. The number of carbonyl (C=O) groups excluding carboxylic acids is 2. The van der Waals surface area contributed by atoms with Gasteiger partial charge in [-0.2, -0.15) is 0 Å². The van der Waals surface area contributed by atoms with Gasteiger partial charge in [0.1, 0.15) is 5.75 Å². The van der Waals surface area contributed by atoms with Crippen LogP contribution in [0.2, 0.25) is 0 Å². The topological polar surface area (TPSA) is 95.1 Å². The number of carbonyl (C=O) groups is 2. The molecule has 1 fully saturated rings. The predicted molar refractivity (Wildman–Crippen MR) is 124 cm³/mol. The van der Waals surface area contributed by atoms with Crippen LogP contribution in [0, 0.1) is 0 Å². The Balaban J connectivity index is 1.59. The summed E-state index contributed by atoms with van der Waals surface area (Å²) in [7, 11) is 3.03. The van der Waals surface area contributed by atoms with Gasteiger partial charge in [0.25, 0.3) is 5.91 Å². The summed E-state index contributed by atoms with van der Waals surface area (Å²) in [4.78, 5) is 25.0. The number of benzene rings is 2. The number of hydrogen-bond acceptors (Lipinski definition) is 6. The second kappa shape index (κ2) is 11.6. The highest BCUT2D eigenvalue weighted by atomic mass is 16.5. The fourth-order valence-corrected chi connectivity index (χ4v) is 3.97. The Kier molecular flexibility index (Phi) is 8.54. The van der Waals surface area contributed by atoms with Gasteiger partial charge in [0.05, 0.1) is 27.4 Å². The van der Waals surface area contributed by atoms with Crippen LogP contribution in [-0.2, 0) is 14.9 Å². The number of methoxy groups -OCH3 is 2. The third-order valence-corrected chi connectivity index (χ3v) is 5.91. The van der Waals surface area contributed by atoms with Crippen LogP contribution in [0.25, 0.3) is 0 Å². The van der Waals surface area contributed by atoms with Gasteiger partial charge in [0, 0.05) is 30.7 Å². The van der Waals surface area contributed by atoms with Crippen molar-refractivity contribution in [2.24, 2.45) is 0 Å². The molecule has 0 atom stereocenters. The van der Waals surface area contributed by atoms with E-state index in [2.05, 4.69) is 22.8 Å². The molecule has 0 saturated carbocycles. The molecular weight excluding hydrogens is 424 g/mol. The lowest BCUT2D eigenvalue weighted by atomic mass is 9.74. The number of amides is 2. The van der Waals surface area contributed by atoms with Crippen LogP contribution in [0.1, 0.15) is 35.7 Å². The van der Waals surface area contributed by atoms with Crippen molar-refractivity contribution in [1.29, 1.82) is 0 Å². The average molecular weight is 457 g/mol. The zero-order valence-corrected chi connectivity index (χ0v) is 19.4. The molecule has 1 heterocycles. The number of rotatable bonds is 10. The molecule has 0 aliphatic carbocycles. The molecule has 0 bridgehead atoms. The van der Waals surface area contributed by atoms with Gasteiger partial charge in [-0.1, -0.05) is 12.1 Å². The molecule has 0 aromatic heterocycles. The van der Waals surface area contributed by atoms with Gasteiger partial charge in [0.2, 0.25) is 5.91 Å². The molecule has 3 rings (SSSR count). The van der Waals surface area contributed by atoms with Crippen molar-refractivity contribution in [3.63, 3.8) is 0 Å². The average Bonchev–Trinajstić information content (AvgIpc) is 2.86. The molecule has 2 aromatic rings. The van der Waals surface area contributed by atoms with Crippen LogP contribution in [0.15, 0.2) is 42.5 Å². The first kappa shape index (κ1) is 24.4. The molecule has 8 nitrogen and oxygen atoms in total. The fourth-order valence-electron chi connectivity index (χ4n) is 3.97. The number of nitrogens with one attached hydrogen (secondary N) is 2. The molecule has 0 spiro atoms. The predicted octanol–water partition coefficient (Wildman–Crippen LogP) is 2.70. The zero-order chi connectivity index (χ0) is 23.7. The van der Waals surface area contributed by atoms with E-state index in [9.17, 15) is 9.59 Å². The van der Waals surface area contributed by atoms with Gasteiger partial charge in [-0.3, -0.25) is 9.59 Å². The summed E-state index contributed by atoms with van der Waals surface area (Å²) in [6.45, 7) is 4.19. The Bertz CT molecular complexity index is 938. The van der Waals surface area contributed by atoms with E-state index in [-0.39, 0.29) is 23.8 Å². The standard InChI is InChI=1S/C25H32N2O6/c1-4-33-20-8-6-19(7-9-20)25(11-13-32-14-12-25)17-27-23(28)16-26-24(29)18-5-10-21(30-2)22(15-18)31-3/h5-10,15H,4,11-14,16-17H2,1-3H3,(H,26,29)(H,27,28). The summed E-state index contributed by atoms with van der Waals surface area (Å²) in [5.41, 5.74) is 1.31. The molecule has 33 heavy (non-hydrogen) atoms. The third-order valence-electron chi connectivity index (χ3n) is 5.91. The molecule has 0 unspecified atom stereocenters. The Morgan fingerprint density at radius 2 is 1.67 bits per heavy atom. The summed E-state index contributed by atoms with van der Waals surface area (Å²) in [6, 6.07) is 12.9. The summed E-state index contributed by atoms with van der Waals surface area (Å²) in [5.74, 6) is 1.19. The van der Waals surface area contributed by atoms with Gasteiger partial charge in [-0.05, 0) is 55.7 Å². The molecule has 1 saturated heterocycles. The van der Waals surface area contributed by atoms with Crippen LogP contribution in [0.4, 0.5) is 0 Å². The summed E-state index contributed by atoms with van der Waals surface area (Å²) >= 11 is 0. The molecule has 0 radical (unpaired) electrons. The van der Waals surface area contributed by atoms with E-state index in [1.807, 2.05) is 19.1 Å². The largest absolute Gasteiger partial charge is 0.494 e. The van der Waals surface area contributed by atoms with E-state index in [0.29, 0.717) is 43.4 Å². The molecule has 1 aliphatic heterocycles. The summed E-state index contributed by atoms with van der Waals surface area (Å²) in [5, 5.41) is 5.65. The zero-order valence-electron chi connectivity index (χ0n) is 19.4. The number of ether oxygens (including phenoxy) is 4. The normalized spacial score (nSPS) is 14.8. The van der Waals surface area contributed by atoms with E-state index < -0.39 is 0 Å². The molecule has 1 aliphatic rings. The van der Waals surface area contributed by atoms with Gasteiger partial charge >= 0.3 is 0 Å². The first-order valence-corrected chi connectivity index (χ1v) is 11.1. The molecule has 2 aromatic carbocycles. The minimum Gasteiger partial charge on any atom is -0.494 e. The summed E-state index contributed by atoms with van der Waals surface area (Å²) in [6.07, 6.45) is 1.61. The molecule has 178 valence electrons. The highest BCUT2D eigenvalue weighted by molar-refractivity contribution is 5.97. The van der Waals surface area contributed by atoms with E-state index >= 15 is 0 Å². The van der Waals surface area contributed by atoms with Crippen molar-refractivity contribution in [3.8, 4) is 17.2 Å². The van der Waals surface area contributed by atoms with Gasteiger partial charge < -0.3 is 29.6 Å². The molecule has 2 N–H and O–H groups in total. The minimum atomic E-state index is -0.363. The fraction of sp³-hybridized carbons (Fsp3) is 0.440. The number of hydrogen-bond donors (Lipinski definition) is 2. The Labute approximate surface area is 194 Å². The van der Waals surface area contributed by atoms with Crippen molar-refractivity contribution in [3.05, 3.63) is 53.6 Å². The quantitative estimate of drug-likeness (QED) is 0.571. The monoisotopic (exact) mass is 456 g/mol. The Hall–Kier alpha value is -3.26. The second-order valence-corrected chi connectivity index (χ2v) is 7.88. The highest BCUT2D eigenvalue weighted by Crippen LogP contribution is 2.35. The maximum atomic E-state index is 12.5. The smallest absolute Gasteiger partial charge is 0.251 e. The van der Waals surface area contributed by atoms with Crippen molar-refractivity contribution >= 4 is 11.8 Å². The van der Waals surface area contributed by atoms with Crippen molar-refractivity contribution in [1.82, 2.24) is 10.6 Å². The van der Waals surface area contributed by atoms with Gasteiger partial charge in [0.15, 0.2) is 11.5 Å². The summed E-state index contributed by atoms with van der Waals surface area (Å²) < 4.78 is 21.5. The molecule has 8 heteroatoms. The lowest BCUT2D eigenvalue weighted by molar-refractivity contribution is -0.120. The first-order chi connectivity index (χ1) is 16.0. The van der Waals surface area contributed by atoms with E-state index in [0.717, 1.165) is 24.2 Å². The van der Waals surface area contributed by atoms with Gasteiger partial charge in [-0.15, -0.1) is 0 Å². The SMILES string of the molecule is CCOc1ccc(C2(CNC(=O)CNC(=O)c3ccc(OC)c(OC)c3)CCOCC2)cc1. The van der Waals surface area contributed by atoms with Crippen LogP contribution < -0.4 is 24.8 Å². The minimum absolute atomic E-state index is 0.122. The van der Waals surface area contributed by atoms with E-state index in [1.165, 1.54) is 14.2 Å². The van der Waals surface area contributed by atoms with Crippen molar-refractivity contribution in [2.45, 2.75) is 25.2 Å². The highest BCUT2D eigenvalue weighted by Gasteiger charge is 2.35. The van der Waals surface area contributed by atoms with E-state index in [1.54, 1.807) is 18.2 Å². The Morgan fingerprint density at radius 3 is 2.30 bits per heavy atom. The van der Waals surface area contributed by atoms with Crippen molar-refractivity contribution < 1.29 is 28.5 Å². The molecular formula is C25H32N2O6. The van der Waals surface area contributed by atoms with Crippen molar-refractivity contribution in [2.75, 3.05) is 47.1 Å². The van der Waals surface area contributed by atoms with Gasteiger partial charge in [-0.25, -0.2) is 0 Å². The Morgan fingerprint density at radius 1 is 0.970 bits per heavy atom. The van der Waals surface area contributed by atoms with Crippen LogP contribution >= 0.6 is 0 Å². The second-order valence-electron chi connectivity index (χ2n) is 7.88. The van der Waals surface area contributed by atoms with Crippen LogP contribution in [0.3, 0.4) is 0 Å².